The first kappa shape index (κ1) is 15.6. The van der Waals surface area contributed by atoms with Gasteiger partial charge in [-0.3, -0.25) is 9.59 Å². The topological polar surface area (TPSA) is 68.3 Å². The van der Waals surface area contributed by atoms with Gasteiger partial charge in [0, 0.05) is 37.3 Å². The fourth-order valence-corrected chi connectivity index (χ4v) is 4.17. The number of nitrogens with zero attached hydrogens (tertiary/aromatic N) is 2. The van der Waals surface area contributed by atoms with Crippen LogP contribution in [0, 0.1) is 5.92 Å². The molecule has 22 heavy (non-hydrogen) atoms. The Morgan fingerprint density at radius 2 is 2.23 bits per heavy atom. The number of piperidine rings is 1. The van der Waals surface area contributed by atoms with Gasteiger partial charge in [0.15, 0.2) is 0 Å². The van der Waals surface area contributed by atoms with Crippen molar-refractivity contribution in [2.75, 3.05) is 25.1 Å². The number of likely N-dealkylation sites (tertiary alicyclic amines) is 1. The van der Waals surface area contributed by atoms with Crippen LogP contribution in [0.2, 0.25) is 0 Å². The Bertz CT molecular complexity index is 616. The molecule has 2 unspecified atom stereocenters. The molecule has 2 bridgehead atoms. The van der Waals surface area contributed by atoms with Crippen molar-refractivity contribution >= 4 is 17.7 Å². The average molecular weight is 321 g/mol. The quantitative estimate of drug-likeness (QED) is 0.894. The fourth-order valence-electron chi connectivity index (χ4n) is 3.68. The number of rotatable bonds is 4. The Morgan fingerprint density at radius 3 is 3.00 bits per heavy atom. The number of carbonyl (C=O) groups is 1. The molecule has 3 rings (SSSR count). The van der Waals surface area contributed by atoms with Crippen molar-refractivity contribution in [1.29, 1.82) is 0 Å². The monoisotopic (exact) mass is 321 g/mol. The maximum atomic E-state index is 12.5. The molecule has 0 saturated carbocycles. The first-order valence-electron chi connectivity index (χ1n) is 7.83. The SMILES string of the molecule is CSCC[C@H](N)C(=O)N1CC2CC(C1)c1cccc(=O)n1C2. The van der Waals surface area contributed by atoms with Gasteiger partial charge in [0.25, 0.3) is 5.56 Å². The maximum Gasteiger partial charge on any atom is 0.250 e. The minimum atomic E-state index is -0.399. The highest BCUT2D eigenvalue weighted by atomic mass is 32.2. The van der Waals surface area contributed by atoms with E-state index in [1.807, 2.05) is 27.9 Å². The van der Waals surface area contributed by atoms with Gasteiger partial charge in [-0.25, -0.2) is 0 Å². The zero-order valence-corrected chi connectivity index (χ0v) is 13.7. The summed E-state index contributed by atoms with van der Waals surface area (Å²) in [7, 11) is 0. The summed E-state index contributed by atoms with van der Waals surface area (Å²) in [5.41, 5.74) is 7.18. The normalized spacial score (nSPS) is 24.7. The van der Waals surface area contributed by atoms with E-state index in [0.717, 1.165) is 37.4 Å². The van der Waals surface area contributed by atoms with Crippen LogP contribution in [0.1, 0.15) is 24.5 Å². The second-order valence-corrected chi connectivity index (χ2v) is 7.31. The molecule has 6 heteroatoms. The molecule has 2 aliphatic heterocycles. The highest BCUT2D eigenvalue weighted by molar-refractivity contribution is 7.98. The summed E-state index contributed by atoms with van der Waals surface area (Å²) in [5, 5.41) is 0. The van der Waals surface area contributed by atoms with Gasteiger partial charge in [-0.1, -0.05) is 6.07 Å². The van der Waals surface area contributed by atoms with E-state index in [1.165, 1.54) is 0 Å². The Labute approximate surface area is 134 Å². The molecule has 1 aromatic rings. The van der Waals surface area contributed by atoms with Crippen molar-refractivity contribution in [3.05, 3.63) is 34.2 Å². The lowest BCUT2D eigenvalue weighted by Crippen LogP contribution is -2.53. The summed E-state index contributed by atoms with van der Waals surface area (Å²) in [5.74, 6) is 1.60. The van der Waals surface area contributed by atoms with E-state index in [9.17, 15) is 9.59 Å². The van der Waals surface area contributed by atoms with Gasteiger partial charge in [0.05, 0.1) is 6.04 Å². The molecule has 1 amide bonds. The maximum absolute atomic E-state index is 12.5. The van der Waals surface area contributed by atoms with Crippen LogP contribution in [-0.4, -0.2) is 46.5 Å². The van der Waals surface area contributed by atoms with E-state index < -0.39 is 6.04 Å². The first-order valence-corrected chi connectivity index (χ1v) is 9.22. The highest BCUT2D eigenvalue weighted by Crippen LogP contribution is 2.35. The molecule has 3 atom stereocenters. The smallest absolute Gasteiger partial charge is 0.250 e. The Morgan fingerprint density at radius 1 is 1.41 bits per heavy atom. The third-order valence-corrected chi connectivity index (χ3v) is 5.39. The Balaban J connectivity index is 1.76. The third kappa shape index (κ3) is 2.94. The van der Waals surface area contributed by atoms with Crippen LogP contribution in [0.25, 0.3) is 0 Å². The van der Waals surface area contributed by atoms with Gasteiger partial charge in [-0.15, -0.1) is 0 Å². The van der Waals surface area contributed by atoms with E-state index in [2.05, 4.69) is 0 Å². The van der Waals surface area contributed by atoms with Crippen LogP contribution < -0.4 is 11.3 Å². The summed E-state index contributed by atoms with van der Waals surface area (Å²) in [4.78, 5) is 26.5. The molecule has 2 aliphatic rings. The van der Waals surface area contributed by atoms with Gasteiger partial charge < -0.3 is 15.2 Å². The molecule has 1 fully saturated rings. The van der Waals surface area contributed by atoms with E-state index >= 15 is 0 Å². The van der Waals surface area contributed by atoms with Crippen LogP contribution >= 0.6 is 11.8 Å². The number of amides is 1. The number of nitrogens with two attached hydrogens (primary N) is 1. The Hall–Kier alpha value is -1.27. The van der Waals surface area contributed by atoms with Crippen molar-refractivity contribution in [3.8, 4) is 0 Å². The molecule has 1 saturated heterocycles. The molecule has 120 valence electrons. The first-order chi connectivity index (χ1) is 10.6. The molecule has 0 spiro atoms. The summed E-state index contributed by atoms with van der Waals surface area (Å²) >= 11 is 1.71. The largest absolute Gasteiger partial charge is 0.340 e. The fraction of sp³-hybridized carbons (Fsp3) is 0.625. The summed E-state index contributed by atoms with van der Waals surface area (Å²) < 4.78 is 1.88. The zero-order valence-electron chi connectivity index (χ0n) is 12.9. The zero-order chi connectivity index (χ0) is 15.7. The number of hydrogen-bond donors (Lipinski definition) is 1. The molecule has 2 N–H and O–H groups in total. The summed E-state index contributed by atoms with van der Waals surface area (Å²) in [6.45, 7) is 2.13. The minimum absolute atomic E-state index is 0.0653. The highest BCUT2D eigenvalue weighted by Gasteiger charge is 2.37. The predicted molar refractivity (Wildman–Crippen MR) is 89.1 cm³/mol. The van der Waals surface area contributed by atoms with Crippen molar-refractivity contribution in [3.63, 3.8) is 0 Å². The van der Waals surface area contributed by atoms with Crippen molar-refractivity contribution in [2.24, 2.45) is 11.7 Å². The molecule has 0 aliphatic carbocycles. The predicted octanol–water partition coefficient (Wildman–Crippen LogP) is 0.874. The molecular weight excluding hydrogens is 298 g/mol. The number of carbonyl (C=O) groups excluding carboxylic acids is 1. The van der Waals surface area contributed by atoms with Gasteiger partial charge in [0.1, 0.15) is 0 Å². The van der Waals surface area contributed by atoms with Crippen molar-refractivity contribution in [2.45, 2.75) is 31.3 Å². The number of pyridine rings is 1. The van der Waals surface area contributed by atoms with Crippen LogP contribution in [0.3, 0.4) is 0 Å². The number of aromatic nitrogens is 1. The second-order valence-electron chi connectivity index (χ2n) is 6.33. The Kier molecular flexibility index (Phi) is 4.59. The lowest BCUT2D eigenvalue weighted by Gasteiger charge is -2.43. The van der Waals surface area contributed by atoms with E-state index in [-0.39, 0.29) is 17.4 Å². The molecule has 5 nitrogen and oxygen atoms in total. The summed E-state index contributed by atoms with van der Waals surface area (Å²) in [6, 6.07) is 5.05. The van der Waals surface area contributed by atoms with E-state index in [4.69, 9.17) is 5.73 Å². The van der Waals surface area contributed by atoms with Crippen LogP contribution in [0.5, 0.6) is 0 Å². The molecule has 1 aromatic heterocycles. The van der Waals surface area contributed by atoms with E-state index in [0.29, 0.717) is 12.5 Å². The second kappa shape index (κ2) is 6.46. The molecule has 0 radical (unpaired) electrons. The lowest BCUT2D eigenvalue weighted by atomic mass is 9.83. The van der Waals surface area contributed by atoms with Crippen molar-refractivity contribution < 1.29 is 4.79 Å². The van der Waals surface area contributed by atoms with Crippen LogP contribution in [-0.2, 0) is 11.3 Å². The number of thioether (sulfide) groups is 1. The van der Waals surface area contributed by atoms with Gasteiger partial charge in [0.2, 0.25) is 5.91 Å². The molecule has 0 aromatic carbocycles. The average Bonchev–Trinajstić information content (AvgIpc) is 2.52. The molecule has 3 heterocycles. The van der Waals surface area contributed by atoms with Crippen molar-refractivity contribution in [1.82, 2.24) is 9.47 Å². The van der Waals surface area contributed by atoms with Gasteiger partial charge in [-0.05, 0) is 36.8 Å². The van der Waals surface area contributed by atoms with Crippen LogP contribution in [0.4, 0.5) is 0 Å². The minimum Gasteiger partial charge on any atom is -0.340 e. The summed E-state index contributed by atoms with van der Waals surface area (Å²) in [6.07, 6.45) is 3.81. The number of hydrogen-bond acceptors (Lipinski definition) is 4. The number of fused-ring (bicyclic) bond motifs is 4. The van der Waals surface area contributed by atoms with Gasteiger partial charge in [-0.2, -0.15) is 11.8 Å². The van der Waals surface area contributed by atoms with E-state index in [1.54, 1.807) is 17.8 Å². The van der Waals surface area contributed by atoms with Gasteiger partial charge >= 0.3 is 0 Å². The lowest BCUT2D eigenvalue weighted by molar-refractivity contribution is -0.135. The standard InChI is InChI=1S/C16H23N3O2S/c1-22-6-5-13(17)16(21)18-8-11-7-12(10-18)14-3-2-4-15(20)19(14)9-11/h2-4,11-13H,5-10,17H2,1H3/t11?,12?,13-/m0/s1. The van der Waals surface area contributed by atoms with Crippen LogP contribution in [0.15, 0.2) is 23.0 Å². The molecular formula is C16H23N3O2S. The third-order valence-electron chi connectivity index (χ3n) is 4.74.